The Kier molecular flexibility index (Phi) is 4.69. The highest BCUT2D eigenvalue weighted by Crippen LogP contribution is 2.66. The van der Waals surface area contributed by atoms with E-state index in [0.29, 0.717) is 28.6 Å². The van der Waals surface area contributed by atoms with E-state index in [4.69, 9.17) is 4.74 Å². The minimum atomic E-state index is 0.351. The largest absolute Gasteiger partial charge is 0.373 e. The summed E-state index contributed by atoms with van der Waals surface area (Å²) >= 11 is 0. The van der Waals surface area contributed by atoms with Crippen molar-refractivity contribution in [2.45, 2.75) is 84.3 Å². The minimum absolute atomic E-state index is 0.351. The summed E-state index contributed by atoms with van der Waals surface area (Å²) < 4.78 is 6.54. The van der Waals surface area contributed by atoms with Crippen molar-refractivity contribution >= 4 is 5.78 Å². The maximum absolute atomic E-state index is 12.1. The maximum atomic E-state index is 12.1. The summed E-state index contributed by atoms with van der Waals surface area (Å²) in [6.07, 6.45) is 11.1. The summed E-state index contributed by atoms with van der Waals surface area (Å²) in [6.45, 7) is 5.83. The van der Waals surface area contributed by atoms with Crippen molar-refractivity contribution in [2.75, 3.05) is 0 Å². The van der Waals surface area contributed by atoms with Crippen LogP contribution in [0.15, 0.2) is 30.3 Å². The lowest BCUT2D eigenvalue weighted by molar-refractivity contribution is -0.146. The summed E-state index contributed by atoms with van der Waals surface area (Å²) in [4.78, 5) is 12.1. The third-order valence-electron chi connectivity index (χ3n) is 9.69. The van der Waals surface area contributed by atoms with Crippen LogP contribution in [0.1, 0.15) is 77.2 Å². The lowest BCUT2D eigenvalue weighted by atomic mass is 9.45. The first-order valence-electron chi connectivity index (χ1n) is 11.7. The molecule has 4 fully saturated rings. The van der Waals surface area contributed by atoms with E-state index in [0.717, 1.165) is 43.6 Å². The molecule has 0 radical (unpaired) electrons. The van der Waals surface area contributed by atoms with Crippen LogP contribution in [0.5, 0.6) is 0 Å². The van der Waals surface area contributed by atoms with Crippen molar-refractivity contribution in [1.82, 2.24) is 0 Å². The van der Waals surface area contributed by atoms with Crippen LogP contribution in [0.3, 0.4) is 0 Å². The number of fused-ring (bicyclic) bond motifs is 5. The highest BCUT2D eigenvalue weighted by Gasteiger charge is 2.60. The van der Waals surface area contributed by atoms with E-state index in [1.54, 1.807) is 0 Å². The quantitative estimate of drug-likeness (QED) is 0.625. The Labute approximate surface area is 170 Å². The Balaban J connectivity index is 1.32. The predicted molar refractivity (Wildman–Crippen MR) is 112 cm³/mol. The van der Waals surface area contributed by atoms with Gasteiger partial charge in [-0.1, -0.05) is 44.2 Å². The van der Waals surface area contributed by atoms with Crippen LogP contribution in [0.4, 0.5) is 0 Å². The van der Waals surface area contributed by atoms with Gasteiger partial charge in [-0.15, -0.1) is 0 Å². The molecule has 5 rings (SSSR count). The standard InChI is InChI=1S/C26H36O2/c1-25-14-12-20(27)16-19(25)8-9-21-22-10-11-24(26(22,2)15-13-23(21)25)28-17-18-6-4-3-5-7-18/h3-7,19,21-24H,8-17H2,1-2H3/t19-,21?,22?,23?,24-,25-,26-/m0/s1. The molecule has 4 aliphatic carbocycles. The highest BCUT2D eigenvalue weighted by molar-refractivity contribution is 5.79. The number of carbonyl (C=O) groups excluding carboxylic acids is 1. The zero-order valence-electron chi connectivity index (χ0n) is 17.7. The Hall–Kier alpha value is -1.15. The van der Waals surface area contributed by atoms with Gasteiger partial charge in [-0.05, 0) is 85.0 Å². The van der Waals surface area contributed by atoms with Gasteiger partial charge in [0.1, 0.15) is 5.78 Å². The predicted octanol–water partition coefficient (Wildman–Crippen LogP) is 6.18. The van der Waals surface area contributed by atoms with E-state index in [1.807, 2.05) is 0 Å². The lowest BCUT2D eigenvalue weighted by Crippen LogP contribution is -2.54. The molecule has 0 heterocycles. The summed E-state index contributed by atoms with van der Waals surface area (Å²) in [6, 6.07) is 10.7. The normalized spacial score (nSPS) is 45.2. The van der Waals surface area contributed by atoms with Gasteiger partial charge in [0.2, 0.25) is 0 Å². The molecule has 152 valence electrons. The first-order chi connectivity index (χ1) is 13.5. The summed E-state index contributed by atoms with van der Waals surface area (Å²) in [7, 11) is 0. The smallest absolute Gasteiger partial charge is 0.133 e. The number of ketones is 1. The van der Waals surface area contributed by atoms with Gasteiger partial charge in [-0.25, -0.2) is 0 Å². The van der Waals surface area contributed by atoms with Crippen LogP contribution in [-0.2, 0) is 16.1 Å². The molecule has 7 atom stereocenters. The maximum Gasteiger partial charge on any atom is 0.133 e. The van der Waals surface area contributed by atoms with E-state index in [9.17, 15) is 4.79 Å². The number of benzene rings is 1. The number of ether oxygens (including phenoxy) is 1. The third-order valence-corrected chi connectivity index (χ3v) is 9.69. The summed E-state index contributed by atoms with van der Waals surface area (Å²) in [5.41, 5.74) is 2.06. The Bertz CT molecular complexity index is 727. The number of hydrogen-bond acceptors (Lipinski definition) is 2. The molecule has 1 aromatic carbocycles. The van der Waals surface area contributed by atoms with E-state index in [2.05, 4.69) is 44.2 Å². The van der Waals surface area contributed by atoms with Crippen LogP contribution < -0.4 is 0 Å². The molecular weight excluding hydrogens is 344 g/mol. The fraction of sp³-hybridized carbons (Fsp3) is 0.731. The third kappa shape index (κ3) is 2.90. The van der Waals surface area contributed by atoms with Crippen LogP contribution >= 0.6 is 0 Å². The van der Waals surface area contributed by atoms with Gasteiger partial charge in [0.15, 0.2) is 0 Å². The van der Waals surface area contributed by atoms with Gasteiger partial charge in [-0.3, -0.25) is 4.79 Å². The second-order valence-corrected chi connectivity index (χ2v) is 10.8. The molecule has 0 bridgehead atoms. The molecule has 0 aliphatic heterocycles. The molecule has 0 spiro atoms. The van der Waals surface area contributed by atoms with Gasteiger partial charge in [0, 0.05) is 12.8 Å². The first-order valence-corrected chi connectivity index (χ1v) is 11.7. The second-order valence-electron chi connectivity index (χ2n) is 10.8. The van der Waals surface area contributed by atoms with Crippen molar-refractivity contribution in [3.63, 3.8) is 0 Å². The van der Waals surface area contributed by atoms with Crippen LogP contribution in [-0.4, -0.2) is 11.9 Å². The zero-order valence-corrected chi connectivity index (χ0v) is 17.7. The van der Waals surface area contributed by atoms with Gasteiger partial charge >= 0.3 is 0 Å². The van der Waals surface area contributed by atoms with Crippen LogP contribution in [0, 0.1) is 34.5 Å². The molecule has 4 aliphatic rings. The van der Waals surface area contributed by atoms with E-state index in [1.165, 1.54) is 44.1 Å². The van der Waals surface area contributed by atoms with Crippen LogP contribution in [0.25, 0.3) is 0 Å². The molecule has 1 aromatic rings. The van der Waals surface area contributed by atoms with Gasteiger partial charge in [0.05, 0.1) is 12.7 Å². The number of Topliss-reactive ketones (excluding diaryl/α,β-unsaturated/α-hetero) is 1. The number of rotatable bonds is 3. The molecule has 2 heteroatoms. The van der Waals surface area contributed by atoms with Crippen molar-refractivity contribution in [3.05, 3.63) is 35.9 Å². The van der Waals surface area contributed by atoms with E-state index >= 15 is 0 Å². The fourth-order valence-electron chi connectivity index (χ4n) is 8.04. The van der Waals surface area contributed by atoms with Crippen molar-refractivity contribution in [1.29, 1.82) is 0 Å². The molecule has 2 nitrogen and oxygen atoms in total. The van der Waals surface area contributed by atoms with Gasteiger partial charge in [0.25, 0.3) is 0 Å². The van der Waals surface area contributed by atoms with Crippen molar-refractivity contribution in [2.24, 2.45) is 34.5 Å². The molecule has 3 unspecified atom stereocenters. The topological polar surface area (TPSA) is 26.3 Å². The van der Waals surface area contributed by atoms with Gasteiger partial charge < -0.3 is 4.74 Å². The monoisotopic (exact) mass is 380 g/mol. The second kappa shape index (κ2) is 6.97. The SMILES string of the molecule is C[C@]12CCC3C(CC[C@H]4CC(=O)CC[C@]34C)C1CC[C@@H]2OCc1ccccc1. The molecular formula is C26H36O2. The Morgan fingerprint density at radius 1 is 0.929 bits per heavy atom. The summed E-state index contributed by atoms with van der Waals surface area (Å²) in [5.74, 6) is 3.70. The van der Waals surface area contributed by atoms with Crippen molar-refractivity contribution in [3.8, 4) is 0 Å². The zero-order chi connectivity index (χ0) is 19.4. The number of hydrogen-bond donors (Lipinski definition) is 0. The van der Waals surface area contributed by atoms with Crippen molar-refractivity contribution < 1.29 is 9.53 Å². The summed E-state index contributed by atoms with van der Waals surface area (Å²) in [5, 5.41) is 0. The molecule has 0 amide bonds. The Morgan fingerprint density at radius 3 is 2.54 bits per heavy atom. The fourth-order valence-corrected chi connectivity index (χ4v) is 8.04. The molecule has 0 N–H and O–H groups in total. The molecule has 0 saturated heterocycles. The molecule has 4 saturated carbocycles. The average Bonchev–Trinajstić information content (AvgIpc) is 3.04. The lowest BCUT2D eigenvalue weighted by Gasteiger charge is -2.60. The minimum Gasteiger partial charge on any atom is -0.373 e. The van der Waals surface area contributed by atoms with E-state index < -0.39 is 0 Å². The van der Waals surface area contributed by atoms with E-state index in [-0.39, 0.29) is 0 Å². The first kappa shape index (κ1) is 18.9. The molecule has 28 heavy (non-hydrogen) atoms. The number of carbonyl (C=O) groups is 1. The Morgan fingerprint density at radius 2 is 1.71 bits per heavy atom. The average molecular weight is 381 g/mol. The van der Waals surface area contributed by atoms with Gasteiger partial charge in [-0.2, -0.15) is 0 Å². The van der Waals surface area contributed by atoms with Crippen LogP contribution in [0.2, 0.25) is 0 Å². The molecule has 0 aromatic heterocycles. The highest BCUT2D eigenvalue weighted by atomic mass is 16.5.